The first-order chi connectivity index (χ1) is 11.1. The minimum Gasteiger partial charge on any atom is -0.507 e. The van der Waals surface area contributed by atoms with Crippen LogP contribution in [0, 0.1) is 5.82 Å². The number of aromatic hydroxyl groups is 1. The van der Waals surface area contributed by atoms with Crippen molar-refractivity contribution in [3.8, 4) is 5.75 Å². The smallest absolute Gasteiger partial charge is 0.124 e. The first-order valence-electron chi connectivity index (χ1n) is 7.02. The van der Waals surface area contributed by atoms with Crippen molar-refractivity contribution >= 4 is 23.0 Å². The Morgan fingerprint density at radius 2 is 1.52 bits per heavy atom. The van der Waals surface area contributed by atoms with Gasteiger partial charge in [-0.1, -0.05) is 35.9 Å². The molecular formula is C19H13ClFNO. The average molecular weight is 326 g/mol. The molecule has 23 heavy (non-hydrogen) atoms. The summed E-state index contributed by atoms with van der Waals surface area (Å²) >= 11 is 6.18. The van der Waals surface area contributed by atoms with Crippen molar-refractivity contribution in [2.75, 3.05) is 0 Å². The second kappa shape index (κ2) is 6.63. The maximum Gasteiger partial charge on any atom is 0.124 e. The van der Waals surface area contributed by atoms with Crippen molar-refractivity contribution in [2.45, 2.75) is 0 Å². The number of para-hydroxylation sites is 2. The number of halogens is 2. The van der Waals surface area contributed by atoms with Gasteiger partial charge in [-0.25, -0.2) is 9.38 Å². The summed E-state index contributed by atoms with van der Waals surface area (Å²) in [6.45, 7) is 0. The number of benzene rings is 3. The third-order valence-corrected chi connectivity index (χ3v) is 3.68. The van der Waals surface area contributed by atoms with Gasteiger partial charge < -0.3 is 5.11 Å². The van der Waals surface area contributed by atoms with Gasteiger partial charge in [-0.05, 0) is 48.5 Å². The summed E-state index contributed by atoms with van der Waals surface area (Å²) < 4.78 is 13.2. The van der Waals surface area contributed by atoms with E-state index < -0.39 is 0 Å². The molecule has 0 atom stereocenters. The highest BCUT2D eigenvalue weighted by Gasteiger charge is 2.12. The molecule has 0 radical (unpaired) electrons. The normalized spacial score (nSPS) is 11.5. The number of phenolic OH excluding ortho intramolecular Hbond substituents is 1. The van der Waals surface area contributed by atoms with Crippen LogP contribution >= 0.6 is 11.6 Å². The Labute approximate surface area is 138 Å². The standard InChI is InChI=1S/C19H13ClFNO/c20-16-6-2-3-7-17(16)22-19(13-9-11-14(21)12-10-13)15-5-1-4-8-18(15)23/h1-12,23H. The van der Waals surface area contributed by atoms with Gasteiger partial charge in [0.1, 0.15) is 11.6 Å². The maximum atomic E-state index is 13.2. The predicted molar refractivity (Wildman–Crippen MR) is 91.3 cm³/mol. The Bertz CT molecular complexity index is 859. The van der Waals surface area contributed by atoms with Gasteiger partial charge in [0.15, 0.2) is 0 Å². The van der Waals surface area contributed by atoms with E-state index in [1.165, 1.54) is 12.1 Å². The van der Waals surface area contributed by atoms with Gasteiger partial charge in [0.05, 0.1) is 16.4 Å². The molecule has 2 nitrogen and oxygen atoms in total. The number of phenols is 1. The van der Waals surface area contributed by atoms with Gasteiger partial charge in [-0.3, -0.25) is 0 Å². The van der Waals surface area contributed by atoms with E-state index in [2.05, 4.69) is 4.99 Å². The predicted octanol–water partition coefficient (Wildman–Crippen LogP) is 5.35. The minimum absolute atomic E-state index is 0.0997. The number of hydrogen-bond donors (Lipinski definition) is 1. The number of aliphatic imine (C=N–C) groups is 1. The summed E-state index contributed by atoms with van der Waals surface area (Å²) in [5.74, 6) is -0.231. The molecule has 0 aliphatic carbocycles. The van der Waals surface area contributed by atoms with Crippen LogP contribution in [-0.2, 0) is 0 Å². The van der Waals surface area contributed by atoms with E-state index >= 15 is 0 Å². The van der Waals surface area contributed by atoms with E-state index in [1.807, 2.05) is 12.1 Å². The highest BCUT2D eigenvalue weighted by atomic mass is 35.5. The average Bonchev–Trinajstić information content (AvgIpc) is 2.56. The zero-order valence-corrected chi connectivity index (χ0v) is 12.8. The Morgan fingerprint density at radius 3 is 2.22 bits per heavy atom. The lowest BCUT2D eigenvalue weighted by molar-refractivity contribution is 0.474. The van der Waals surface area contributed by atoms with Gasteiger partial charge in [0.2, 0.25) is 0 Å². The van der Waals surface area contributed by atoms with E-state index in [9.17, 15) is 9.50 Å². The van der Waals surface area contributed by atoms with Crippen molar-refractivity contribution in [3.05, 3.63) is 94.8 Å². The molecule has 0 aliphatic heterocycles. The van der Waals surface area contributed by atoms with Gasteiger partial charge in [-0.2, -0.15) is 0 Å². The lowest BCUT2D eigenvalue weighted by Crippen LogP contribution is -2.03. The molecule has 0 fully saturated rings. The summed E-state index contributed by atoms with van der Waals surface area (Å²) in [5, 5.41) is 10.7. The Kier molecular flexibility index (Phi) is 4.40. The molecule has 0 saturated carbocycles. The summed E-state index contributed by atoms with van der Waals surface area (Å²) in [6.07, 6.45) is 0. The van der Waals surface area contributed by atoms with Gasteiger partial charge >= 0.3 is 0 Å². The zero-order valence-electron chi connectivity index (χ0n) is 12.1. The minimum atomic E-state index is -0.330. The summed E-state index contributed by atoms with van der Waals surface area (Å²) in [6, 6.07) is 20.0. The number of nitrogens with zero attached hydrogens (tertiary/aromatic N) is 1. The van der Waals surface area contributed by atoms with Crippen LogP contribution in [0.3, 0.4) is 0 Å². The van der Waals surface area contributed by atoms with Crippen LogP contribution in [0.15, 0.2) is 77.8 Å². The van der Waals surface area contributed by atoms with E-state index in [-0.39, 0.29) is 11.6 Å². The highest BCUT2D eigenvalue weighted by Crippen LogP contribution is 2.28. The largest absolute Gasteiger partial charge is 0.507 e. The fourth-order valence-electron chi connectivity index (χ4n) is 2.22. The topological polar surface area (TPSA) is 32.6 Å². The molecule has 0 saturated heterocycles. The Hall–Kier alpha value is -2.65. The lowest BCUT2D eigenvalue weighted by atomic mass is 10.0. The summed E-state index contributed by atoms with van der Waals surface area (Å²) in [5.41, 5.74) is 2.35. The van der Waals surface area contributed by atoms with Gasteiger partial charge in [-0.15, -0.1) is 0 Å². The van der Waals surface area contributed by atoms with Crippen LogP contribution in [0.1, 0.15) is 11.1 Å². The quantitative estimate of drug-likeness (QED) is 0.646. The number of rotatable bonds is 3. The molecule has 0 unspecified atom stereocenters. The molecule has 0 heterocycles. The van der Waals surface area contributed by atoms with Crippen LogP contribution in [0.4, 0.5) is 10.1 Å². The first-order valence-corrected chi connectivity index (χ1v) is 7.40. The second-order valence-electron chi connectivity index (χ2n) is 4.94. The zero-order chi connectivity index (χ0) is 16.2. The van der Waals surface area contributed by atoms with Crippen LogP contribution in [0.5, 0.6) is 5.75 Å². The fraction of sp³-hybridized carbons (Fsp3) is 0. The lowest BCUT2D eigenvalue weighted by Gasteiger charge is -2.10. The first kappa shape index (κ1) is 15.3. The van der Waals surface area contributed by atoms with Gasteiger partial charge in [0.25, 0.3) is 0 Å². The van der Waals surface area contributed by atoms with E-state index in [0.717, 1.165) is 0 Å². The molecule has 114 valence electrons. The summed E-state index contributed by atoms with van der Waals surface area (Å²) in [4.78, 5) is 4.59. The molecular weight excluding hydrogens is 313 g/mol. The Balaban J connectivity index is 2.20. The molecule has 3 aromatic carbocycles. The van der Waals surface area contributed by atoms with Crippen LogP contribution in [0.2, 0.25) is 5.02 Å². The van der Waals surface area contributed by atoms with Crippen LogP contribution in [0.25, 0.3) is 0 Å². The van der Waals surface area contributed by atoms with E-state index in [4.69, 9.17) is 11.6 Å². The number of hydrogen-bond acceptors (Lipinski definition) is 2. The third kappa shape index (κ3) is 3.41. The molecule has 0 bridgehead atoms. The van der Waals surface area contributed by atoms with Crippen molar-refractivity contribution in [1.82, 2.24) is 0 Å². The molecule has 0 aromatic heterocycles. The molecule has 1 N–H and O–H groups in total. The van der Waals surface area contributed by atoms with E-state index in [1.54, 1.807) is 48.5 Å². The van der Waals surface area contributed by atoms with Crippen molar-refractivity contribution in [3.63, 3.8) is 0 Å². The van der Waals surface area contributed by atoms with Crippen molar-refractivity contribution in [1.29, 1.82) is 0 Å². The molecule has 3 rings (SSSR count). The SMILES string of the molecule is Oc1ccccc1C(=Nc1ccccc1Cl)c1ccc(F)cc1. The monoisotopic (exact) mass is 325 g/mol. The van der Waals surface area contributed by atoms with Crippen molar-refractivity contribution in [2.24, 2.45) is 4.99 Å². The van der Waals surface area contributed by atoms with E-state index in [0.29, 0.717) is 27.5 Å². The van der Waals surface area contributed by atoms with Crippen LogP contribution in [-0.4, -0.2) is 10.8 Å². The third-order valence-electron chi connectivity index (χ3n) is 3.36. The second-order valence-corrected chi connectivity index (χ2v) is 5.34. The molecule has 0 spiro atoms. The molecule has 4 heteroatoms. The van der Waals surface area contributed by atoms with Crippen molar-refractivity contribution < 1.29 is 9.50 Å². The fourth-order valence-corrected chi connectivity index (χ4v) is 2.40. The van der Waals surface area contributed by atoms with Gasteiger partial charge in [0, 0.05) is 11.1 Å². The molecule has 0 aliphatic rings. The highest BCUT2D eigenvalue weighted by molar-refractivity contribution is 6.33. The summed E-state index contributed by atoms with van der Waals surface area (Å²) in [7, 11) is 0. The molecule has 3 aromatic rings. The molecule has 0 amide bonds. The maximum absolute atomic E-state index is 13.2. The Morgan fingerprint density at radius 1 is 0.870 bits per heavy atom. The van der Waals surface area contributed by atoms with Crippen LogP contribution < -0.4 is 0 Å².